The van der Waals surface area contributed by atoms with E-state index in [1.807, 2.05) is 0 Å². The zero-order chi connectivity index (χ0) is 18.4. The second kappa shape index (κ2) is 9.29. The molecule has 0 aliphatic heterocycles. The number of ether oxygens (including phenoxy) is 2. The van der Waals surface area contributed by atoms with Crippen LogP contribution >= 0.6 is 39.1 Å². The van der Waals surface area contributed by atoms with Crippen molar-refractivity contribution in [1.82, 2.24) is 5.32 Å². The fourth-order valence-corrected chi connectivity index (χ4v) is 3.08. The maximum atomic E-state index is 10.6. The van der Waals surface area contributed by atoms with Crippen molar-refractivity contribution < 1.29 is 19.4 Å². The zero-order valence-electron chi connectivity index (χ0n) is 13.3. The van der Waals surface area contributed by atoms with E-state index in [-0.39, 0.29) is 13.2 Å². The Kier molecular flexibility index (Phi) is 7.38. The molecule has 0 radical (unpaired) electrons. The smallest absolute Gasteiger partial charge is 0.317 e. The Morgan fingerprint density at radius 2 is 1.92 bits per heavy atom. The van der Waals surface area contributed by atoms with Crippen molar-refractivity contribution in [2.75, 3.05) is 13.7 Å². The van der Waals surface area contributed by atoms with Crippen molar-refractivity contribution in [3.05, 3.63) is 56.0 Å². The minimum Gasteiger partial charge on any atom is -0.493 e. The molecule has 5 nitrogen and oxygen atoms in total. The van der Waals surface area contributed by atoms with Gasteiger partial charge >= 0.3 is 5.97 Å². The van der Waals surface area contributed by atoms with Gasteiger partial charge < -0.3 is 19.9 Å². The first-order valence-corrected chi connectivity index (χ1v) is 8.82. The molecular weight excluding hydrogens is 433 g/mol. The lowest BCUT2D eigenvalue weighted by atomic mass is 10.2. The van der Waals surface area contributed by atoms with E-state index in [0.29, 0.717) is 33.7 Å². The summed E-state index contributed by atoms with van der Waals surface area (Å²) in [5, 5.41) is 12.6. The molecule has 8 heteroatoms. The van der Waals surface area contributed by atoms with E-state index in [1.165, 1.54) is 7.11 Å². The first-order chi connectivity index (χ1) is 11.9. The fraction of sp³-hybridized carbons (Fsp3) is 0.235. The van der Waals surface area contributed by atoms with Gasteiger partial charge in [0.1, 0.15) is 6.61 Å². The number of halogens is 3. The Labute approximate surface area is 164 Å². The predicted molar refractivity (Wildman–Crippen MR) is 101 cm³/mol. The number of aliphatic carboxylic acids is 1. The highest BCUT2D eigenvalue weighted by Gasteiger charge is 2.13. The fourth-order valence-electron chi connectivity index (χ4n) is 2.11. The van der Waals surface area contributed by atoms with Crippen LogP contribution in [0, 0.1) is 0 Å². The molecule has 0 saturated heterocycles. The SMILES string of the molecule is COc1cc(CNCC(=O)O)c(Br)cc1OCc1c(Cl)cccc1Cl. The zero-order valence-corrected chi connectivity index (χ0v) is 16.4. The Balaban J connectivity index is 2.15. The molecular formula is C17H16BrCl2NO4. The van der Waals surface area contributed by atoms with Crippen LogP contribution in [0.2, 0.25) is 10.0 Å². The van der Waals surface area contributed by atoms with Crippen molar-refractivity contribution in [3.8, 4) is 11.5 Å². The van der Waals surface area contributed by atoms with Crippen molar-refractivity contribution in [2.45, 2.75) is 13.2 Å². The molecule has 0 fully saturated rings. The third-order valence-corrected chi connectivity index (χ3v) is 4.80. The van der Waals surface area contributed by atoms with E-state index < -0.39 is 5.97 Å². The molecule has 25 heavy (non-hydrogen) atoms. The molecule has 0 spiro atoms. The summed E-state index contributed by atoms with van der Waals surface area (Å²) >= 11 is 15.8. The van der Waals surface area contributed by atoms with E-state index in [1.54, 1.807) is 30.3 Å². The summed E-state index contributed by atoms with van der Waals surface area (Å²) in [6.45, 7) is 0.440. The molecule has 2 N–H and O–H groups in total. The van der Waals surface area contributed by atoms with Gasteiger partial charge in [0.2, 0.25) is 0 Å². The van der Waals surface area contributed by atoms with Gasteiger partial charge in [-0.3, -0.25) is 4.79 Å². The summed E-state index contributed by atoms with van der Waals surface area (Å²) < 4.78 is 11.9. The highest BCUT2D eigenvalue weighted by molar-refractivity contribution is 9.10. The molecule has 0 bridgehead atoms. The lowest BCUT2D eigenvalue weighted by molar-refractivity contribution is -0.135. The first kappa shape index (κ1) is 19.8. The Hall–Kier alpha value is -1.47. The van der Waals surface area contributed by atoms with Gasteiger partial charge in [-0.15, -0.1) is 0 Å². The standard InChI is InChI=1S/C17H16BrCl2NO4/c1-24-15-5-10(7-21-8-17(22)23)12(18)6-16(15)25-9-11-13(19)3-2-4-14(11)20/h2-6,21H,7-9H2,1H3,(H,22,23). The molecule has 2 aromatic rings. The Bertz CT molecular complexity index is 750. The second-order valence-corrected chi connectivity index (χ2v) is 6.75. The molecule has 0 amide bonds. The van der Waals surface area contributed by atoms with Crippen LogP contribution in [0.25, 0.3) is 0 Å². The topological polar surface area (TPSA) is 67.8 Å². The molecule has 0 heterocycles. The Morgan fingerprint density at radius 3 is 2.52 bits per heavy atom. The molecule has 134 valence electrons. The number of hydrogen-bond acceptors (Lipinski definition) is 4. The van der Waals surface area contributed by atoms with Crippen molar-refractivity contribution >= 4 is 45.1 Å². The summed E-state index contributed by atoms with van der Waals surface area (Å²) in [6.07, 6.45) is 0. The Morgan fingerprint density at radius 1 is 1.24 bits per heavy atom. The average molecular weight is 449 g/mol. The van der Waals surface area contributed by atoms with Gasteiger partial charge in [-0.05, 0) is 29.8 Å². The van der Waals surface area contributed by atoms with Gasteiger partial charge in [-0.25, -0.2) is 0 Å². The number of nitrogens with one attached hydrogen (secondary N) is 1. The van der Waals surface area contributed by atoms with Crippen molar-refractivity contribution in [2.24, 2.45) is 0 Å². The molecule has 0 aliphatic carbocycles. The summed E-state index contributed by atoms with van der Waals surface area (Å²) in [5.74, 6) is 0.130. The van der Waals surface area contributed by atoms with Crippen LogP contribution in [0.3, 0.4) is 0 Å². The number of carbonyl (C=O) groups is 1. The monoisotopic (exact) mass is 447 g/mol. The second-order valence-electron chi connectivity index (χ2n) is 5.08. The van der Waals surface area contributed by atoms with Crippen LogP contribution in [0.1, 0.15) is 11.1 Å². The minimum absolute atomic E-state index is 0.127. The maximum Gasteiger partial charge on any atom is 0.317 e. The van der Waals surface area contributed by atoms with Crippen LogP contribution in [-0.2, 0) is 17.9 Å². The van der Waals surface area contributed by atoms with Crippen molar-refractivity contribution in [1.29, 1.82) is 0 Å². The van der Waals surface area contributed by atoms with Crippen LogP contribution in [0.4, 0.5) is 0 Å². The molecule has 2 aromatic carbocycles. The molecule has 0 aliphatic rings. The van der Waals surface area contributed by atoms with Crippen LogP contribution in [0.5, 0.6) is 11.5 Å². The van der Waals surface area contributed by atoms with Gasteiger partial charge in [0.05, 0.1) is 13.7 Å². The van der Waals surface area contributed by atoms with E-state index in [2.05, 4.69) is 21.2 Å². The quantitative estimate of drug-likeness (QED) is 0.621. The molecule has 0 aromatic heterocycles. The van der Waals surface area contributed by atoms with E-state index in [0.717, 1.165) is 10.0 Å². The normalized spacial score (nSPS) is 10.6. The van der Waals surface area contributed by atoms with Crippen LogP contribution < -0.4 is 14.8 Å². The van der Waals surface area contributed by atoms with Gasteiger partial charge in [0.15, 0.2) is 11.5 Å². The summed E-state index contributed by atoms with van der Waals surface area (Å²) in [6, 6.07) is 8.81. The number of rotatable bonds is 8. The minimum atomic E-state index is -0.917. The third-order valence-electron chi connectivity index (χ3n) is 3.36. The van der Waals surface area contributed by atoms with Gasteiger partial charge in [0.25, 0.3) is 0 Å². The molecule has 0 unspecified atom stereocenters. The average Bonchev–Trinajstić information content (AvgIpc) is 2.55. The van der Waals surface area contributed by atoms with E-state index in [4.69, 9.17) is 37.8 Å². The number of carboxylic acids is 1. The molecule has 2 rings (SSSR count). The predicted octanol–water partition coefficient (Wildman–Crippen LogP) is 4.52. The summed E-state index contributed by atoms with van der Waals surface area (Å²) in [5.41, 5.74) is 1.54. The summed E-state index contributed by atoms with van der Waals surface area (Å²) in [4.78, 5) is 10.6. The van der Waals surface area contributed by atoms with E-state index in [9.17, 15) is 4.79 Å². The number of methoxy groups -OCH3 is 1. The van der Waals surface area contributed by atoms with Gasteiger partial charge in [-0.2, -0.15) is 0 Å². The lowest BCUT2D eigenvalue weighted by Crippen LogP contribution is -2.22. The lowest BCUT2D eigenvalue weighted by Gasteiger charge is -2.15. The third kappa shape index (κ3) is 5.51. The van der Waals surface area contributed by atoms with E-state index >= 15 is 0 Å². The van der Waals surface area contributed by atoms with Gasteiger partial charge in [-0.1, -0.05) is 45.2 Å². The largest absolute Gasteiger partial charge is 0.493 e. The number of carboxylic acid groups (broad SMARTS) is 1. The van der Waals surface area contributed by atoms with Crippen LogP contribution in [0.15, 0.2) is 34.8 Å². The highest BCUT2D eigenvalue weighted by atomic mass is 79.9. The van der Waals surface area contributed by atoms with Crippen LogP contribution in [-0.4, -0.2) is 24.7 Å². The number of benzene rings is 2. The first-order valence-electron chi connectivity index (χ1n) is 7.27. The maximum absolute atomic E-state index is 10.6. The van der Waals surface area contributed by atoms with Gasteiger partial charge in [0, 0.05) is 26.6 Å². The molecule has 0 atom stereocenters. The van der Waals surface area contributed by atoms with Crippen molar-refractivity contribution in [3.63, 3.8) is 0 Å². The summed E-state index contributed by atoms with van der Waals surface area (Å²) in [7, 11) is 1.53. The highest BCUT2D eigenvalue weighted by Crippen LogP contribution is 2.35. The number of hydrogen-bond donors (Lipinski definition) is 2. The molecule has 0 saturated carbocycles.